The fourth-order valence-corrected chi connectivity index (χ4v) is 4.21. The third kappa shape index (κ3) is 2.77. The van der Waals surface area contributed by atoms with Gasteiger partial charge in [0.25, 0.3) is 15.9 Å². The predicted molar refractivity (Wildman–Crippen MR) is 97.3 cm³/mol. The van der Waals surface area contributed by atoms with Crippen molar-refractivity contribution in [1.29, 1.82) is 0 Å². The molecule has 6 heteroatoms. The van der Waals surface area contributed by atoms with Crippen molar-refractivity contribution in [3.63, 3.8) is 0 Å². The van der Waals surface area contributed by atoms with E-state index in [9.17, 15) is 13.2 Å². The summed E-state index contributed by atoms with van der Waals surface area (Å²) in [6.07, 6.45) is 1.27. The monoisotopic (exact) mass is 350 g/mol. The first-order valence-electron chi connectivity index (χ1n) is 7.67. The van der Waals surface area contributed by atoms with Gasteiger partial charge in [0.15, 0.2) is 0 Å². The Labute approximate surface area is 145 Å². The number of sulfonamides is 1. The summed E-state index contributed by atoms with van der Waals surface area (Å²) >= 11 is 0. The molecule has 1 heterocycles. The number of rotatable bonds is 2. The van der Waals surface area contributed by atoms with Crippen LogP contribution in [0.25, 0.3) is 16.5 Å². The van der Waals surface area contributed by atoms with Crippen LogP contribution in [0.4, 0.5) is 5.69 Å². The molecule has 0 saturated heterocycles. The lowest BCUT2D eigenvalue weighted by Crippen LogP contribution is -2.16. The van der Waals surface area contributed by atoms with Crippen molar-refractivity contribution in [2.45, 2.75) is 4.90 Å². The largest absolute Gasteiger partial charge is 0.322 e. The first kappa shape index (κ1) is 15.4. The number of amides is 1. The van der Waals surface area contributed by atoms with E-state index in [1.807, 2.05) is 42.5 Å². The second-order valence-corrected chi connectivity index (χ2v) is 7.33. The molecule has 4 rings (SSSR count). The zero-order chi connectivity index (χ0) is 17.4. The van der Waals surface area contributed by atoms with Crippen molar-refractivity contribution < 1.29 is 13.2 Å². The summed E-state index contributed by atoms with van der Waals surface area (Å²) in [5, 5.41) is 4.75. The van der Waals surface area contributed by atoms with Gasteiger partial charge in [-0.05, 0) is 17.5 Å². The first-order chi connectivity index (χ1) is 12.0. The van der Waals surface area contributed by atoms with E-state index in [1.165, 1.54) is 12.1 Å². The van der Waals surface area contributed by atoms with Gasteiger partial charge in [0.1, 0.15) is 0 Å². The van der Waals surface area contributed by atoms with Crippen molar-refractivity contribution in [2.24, 2.45) is 0 Å². The Balaban J connectivity index is 1.68. The molecule has 1 aliphatic heterocycles. The molecule has 0 unspecified atom stereocenters. The molecule has 0 atom stereocenters. The van der Waals surface area contributed by atoms with Crippen LogP contribution in [0.2, 0.25) is 0 Å². The van der Waals surface area contributed by atoms with Gasteiger partial charge in [-0.1, -0.05) is 54.6 Å². The van der Waals surface area contributed by atoms with Crippen molar-refractivity contribution in [1.82, 2.24) is 4.72 Å². The molecule has 2 N–H and O–H groups in total. The molecule has 1 amide bonds. The van der Waals surface area contributed by atoms with Gasteiger partial charge in [-0.3, -0.25) is 9.52 Å². The Morgan fingerprint density at radius 1 is 0.920 bits per heavy atom. The summed E-state index contributed by atoms with van der Waals surface area (Å²) in [6, 6.07) is 19.9. The number of benzene rings is 3. The van der Waals surface area contributed by atoms with Crippen LogP contribution in [-0.4, -0.2) is 14.3 Å². The molecule has 0 fully saturated rings. The van der Waals surface area contributed by atoms with Gasteiger partial charge >= 0.3 is 0 Å². The first-order valence-corrected chi connectivity index (χ1v) is 9.15. The van der Waals surface area contributed by atoms with E-state index in [1.54, 1.807) is 18.2 Å². The van der Waals surface area contributed by atoms with E-state index in [0.717, 1.165) is 10.8 Å². The van der Waals surface area contributed by atoms with E-state index in [0.29, 0.717) is 11.3 Å². The molecule has 0 bridgehead atoms. The molecule has 0 aromatic heterocycles. The summed E-state index contributed by atoms with van der Waals surface area (Å²) in [6.45, 7) is 0. The molecule has 124 valence electrons. The lowest BCUT2D eigenvalue weighted by molar-refractivity contribution is -0.111. The highest BCUT2D eigenvalue weighted by atomic mass is 32.2. The van der Waals surface area contributed by atoms with Gasteiger partial charge in [-0.25, -0.2) is 8.42 Å². The van der Waals surface area contributed by atoms with Gasteiger partial charge < -0.3 is 5.32 Å². The Kier molecular flexibility index (Phi) is 3.54. The maximum Gasteiger partial charge on any atom is 0.262 e. The van der Waals surface area contributed by atoms with Crippen LogP contribution in [0.3, 0.4) is 0 Å². The van der Waals surface area contributed by atoms with Crippen molar-refractivity contribution in [3.05, 3.63) is 78.4 Å². The van der Waals surface area contributed by atoms with E-state index in [4.69, 9.17) is 0 Å². The maximum absolute atomic E-state index is 12.4. The highest BCUT2D eigenvalue weighted by Crippen LogP contribution is 2.30. The molecular formula is C19H14N2O3S. The number of carbonyl (C=O) groups excluding carboxylic acids is 1. The average Bonchev–Trinajstić information content (AvgIpc) is 2.86. The minimum Gasteiger partial charge on any atom is -0.322 e. The summed E-state index contributed by atoms with van der Waals surface area (Å²) < 4.78 is 26.6. The lowest BCUT2D eigenvalue weighted by atomic mass is 10.1. The van der Waals surface area contributed by atoms with Crippen LogP contribution in [0, 0.1) is 0 Å². The second-order valence-electron chi connectivity index (χ2n) is 5.68. The van der Waals surface area contributed by atoms with E-state index in [2.05, 4.69) is 10.0 Å². The van der Waals surface area contributed by atoms with Gasteiger partial charge in [0, 0.05) is 22.7 Å². The molecule has 3 aromatic carbocycles. The van der Waals surface area contributed by atoms with Crippen LogP contribution in [-0.2, 0) is 14.8 Å². The molecular weight excluding hydrogens is 336 g/mol. The SMILES string of the molecule is O=C(C=C1NS(=O)(=O)c2ccccc21)Nc1cccc2ccccc12. The molecule has 3 aromatic rings. The number of anilines is 1. The standard InChI is InChI=1S/C19H14N2O3S/c22-19(20-16-10-5-7-13-6-1-2-8-14(13)16)12-17-15-9-3-4-11-18(15)25(23,24)21-17/h1-12,21H,(H,20,22). The van der Waals surface area contributed by atoms with Gasteiger partial charge in [0.05, 0.1) is 10.6 Å². The van der Waals surface area contributed by atoms with Crippen LogP contribution in [0.5, 0.6) is 0 Å². The number of nitrogens with one attached hydrogen (secondary N) is 2. The Hall–Kier alpha value is -3.12. The summed E-state index contributed by atoms with van der Waals surface area (Å²) in [7, 11) is -3.61. The topological polar surface area (TPSA) is 75.3 Å². The van der Waals surface area contributed by atoms with Crippen molar-refractivity contribution >= 4 is 38.1 Å². The van der Waals surface area contributed by atoms with Crippen LogP contribution < -0.4 is 10.0 Å². The third-order valence-corrected chi connectivity index (χ3v) is 5.46. The second kappa shape index (κ2) is 5.75. The highest BCUT2D eigenvalue weighted by molar-refractivity contribution is 7.90. The molecule has 1 aliphatic rings. The Bertz CT molecular complexity index is 1130. The van der Waals surface area contributed by atoms with E-state index >= 15 is 0 Å². The Morgan fingerprint density at radius 3 is 2.52 bits per heavy atom. The number of hydrogen-bond acceptors (Lipinski definition) is 3. The Morgan fingerprint density at radius 2 is 1.64 bits per heavy atom. The van der Waals surface area contributed by atoms with Gasteiger partial charge in [-0.2, -0.15) is 0 Å². The number of carbonyl (C=O) groups is 1. The van der Waals surface area contributed by atoms with Crippen LogP contribution >= 0.6 is 0 Å². The van der Waals surface area contributed by atoms with Gasteiger partial charge in [0.2, 0.25) is 0 Å². The van der Waals surface area contributed by atoms with Crippen molar-refractivity contribution in [2.75, 3.05) is 5.32 Å². The number of hydrogen-bond donors (Lipinski definition) is 2. The van der Waals surface area contributed by atoms with Crippen LogP contribution in [0.1, 0.15) is 5.56 Å². The third-order valence-electron chi connectivity index (χ3n) is 4.03. The van der Waals surface area contributed by atoms with E-state index in [-0.39, 0.29) is 10.6 Å². The quantitative estimate of drug-likeness (QED) is 0.697. The normalized spacial score (nSPS) is 16.4. The summed E-state index contributed by atoms with van der Waals surface area (Å²) in [4.78, 5) is 12.6. The smallest absolute Gasteiger partial charge is 0.262 e. The molecule has 5 nitrogen and oxygen atoms in total. The summed E-state index contributed by atoms with van der Waals surface area (Å²) in [5.74, 6) is -0.397. The van der Waals surface area contributed by atoms with Crippen molar-refractivity contribution in [3.8, 4) is 0 Å². The summed E-state index contributed by atoms with van der Waals surface area (Å²) in [5.41, 5.74) is 1.44. The maximum atomic E-state index is 12.4. The van der Waals surface area contributed by atoms with Gasteiger partial charge in [-0.15, -0.1) is 0 Å². The predicted octanol–water partition coefficient (Wildman–Crippen LogP) is 3.11. The fraction of sp³-hybridized carbons (Fsp3) is 0. The average molecular weight is 350 g/mol. The number of fused-ring (bicyclic) bond motifs is 2. The zero-order valence-corrected chi connectivity index (χ0v) is 13.9. The minimum atomic E-state index is -3.61. The molecule has 0 spiro atoms. The molecule has 25 heavy (non-hydrogen) atoms. The molecule has 0 aliphatic carbocycles. The zero-order valence-electron chi connectivity index (χ0n) is 13.1. The molecule has 0 saturated carbocycles. The van der Waals surface area contributed by atoms with E-state index < -0.39 is 15.9 Å². The fourth-order valence-electron chi connectivity index (χ4n) is 2.92. The molecule has 0 radical (unpaired) electrons. The lowest BCUT2D eigenvalue weighted by Gasteiger charge is -2.07. The minimum absolute atomic E-state index is 0.180. The highest BCUT2D eigenvalue weighted by Gasteiger charge is 2.29. The van der Waals surface area contributed by atoms with Crippen LogP contribution in [0.15, 0.2) is 77.7 Å².